The summed E-state index contributed by atoms with van der Waals surface area (Å²) in [5.74, 6) is -0.953. The lowest BCUT2D eigenvalue weighted by molar-refractivity contribution is 0.0699. The highest BCUT2D eigenvalue weighted by Gasteiger charge is 2.14. The van der Waals surface area contributed by atoms with Gasteiger partial charge in [-0.2, -0.15) is 16.4 Å². The van der Waals surface area contributed by atoms with Crippen molar-refractivity contribution in [3.8, 4) is 0 Å². The molecular weight excluding hydrogens is 262 g/mol. The van der Waals surface area contributed by atoms with Crippen molar-refractivity contribution in [1.29, 1.82) is 0 Å². The van der Waals surface area contributed by atoms with Crippen LogP contribution in [0.5, 0.6) is 0 Å². The van der Waals surface area contributed by atoms with Gasteiger partial charge in [0.05, 0.1) is 23.7 Å². The van der Waals surface area contributed by atoms with Crippen molar-refractivity contribution in [2.75, 3.05) is 0 Å². The first-order valence-corrected chi connectivity index (χ1v) is 6.67. The van der Waals surface area contributed by atoms with Gasteiger partial charge in [0.1, 0.15) is 0 Å². The number of pyridine rings is 1. The van der Waals surface area contributed by atoms with Crippen molar-refractivity contribution in [1.82, 2.24) is 14.8 Å². The van der Waals surface area contributed by atoms with Crippen LogP contribution >= 0.6 is 11.3 Å². The van der Waals surface area contributed by atoms with Crippen molar-refractivity contribution < 1.29 is 9.90 Å². The van der Waals surface area contributed by atoms with E-state index in [-0.39, 0.29) is 5.56 Å². The second-order valence-corrected chi connectivity index (χ2v) is 5.07. The highest BCUT2D eigenvalue weighted by molar-refractivity contribution is 7.07. The summed E-state index contributed by atoms with van der Waals surface area (Å²) < 4.78 is 1.73. The molecule has 3 aromatic rings. The predicted octanol–water partition coefficient (Wildman–Crippen LogP) is 2.55. The largest absolute Gasteiger partial charge is 0.478 e. The van der Waals surface area contributed by atoms with Crippen LogP contribution in [0, 0.1) is 6.92 Å². The van der Waals surface area contributed by atoms with E-state index in [0.717, 1.165) is 5.56 Å². The highest BCUT2D eigenvalue weighted by atomic mass is 32.1. The normalized spacial score (nSPS) is 11.0. The molecular formula is C13H11N3O2S. The van der Waals surface area contributed by atoms with Crippen molar-refractivity contribution >= 4 is 28.3 Å². The van der Waals surface area contributed by atoms with Crippen LogP contribution in [0.2, 0.25) is 0 Å². The van der Waals surface area contributed by atoms with Crippen LogP contribution in [0.4, 0.5) is 0 Å². The van der Waals surface area contributed by atoms with Crippen LogP contribution in [-0.4, -0.2) is 25.8 Å². The molecule has 0 amide bonds. The predicted molar refractivity (Wildman–Crippen MR) is 72.6 cm³/mol. The van der Waals surface area contributed by atoms with Gasteiger partial charge in [0.15, 0.2) is 5.65 Å². The minimum absolute atomic E-state index is 0.249. The summed E-state index contributed by atoms with van der Waals surface area (Å²) in [6.45, 7) is 2.39. The Morgan fingerprint density at radius 3 is 3.05 bits per heavy atom. The smallest absolute Gasteiger partial charge is 0.336 e. The highest BCUT2D eigenvalue weighted by Crippen LogP contribution is 2.19. The number of hydrogen-bond donors (Lipinski definition) is 1. The van der Waals surface area contributed by atoms with Gasteiger partial charge in [-0.25, -0.2) is 14.5 Å². The van der Waals surface area contributed by atoms with Gasteiger partial charge in [-0.1, -0.05) is 0 Å². The van der Waals surface area contributed by atoms with Gasteiger partial charge in [-0.15, -0.1) is 0 Å². The molecule has 0 aliphatic carbocycles. The van der Waals surface area contributed by atoms with Gasteiger partial charge in [0.2, 0.25) is 0 Å². The average molecular weight is 273 g/mol. The summed E-state index contributed by atoms with van der Waals surface area (Å²) in [5.41, 5.74) is 2.68. The first-order chi connectivity index (χ1) is 9.15. The van der Waals surface area contributed by atoms with E-state index < -0.39 is 5.97 Å². The zero-order chi connectivity index (χ0) is 13.4. The summed E-state index contributed by atoms with van der Waals surface area (Å²) in [6, 6.07) is 3.59. The number of carbonyl (C=O) groups is 1. The number of aromatic nitrogens is 3. The number of aryl methyl sites for hydroxylation is 1. The fraction of sp³-hybridized carbons (Fsp3) is 0.154. The van der Waals surface area contributed by atoms with Gasteiger partial charge < -0.3 is 5.11 Å². The average Bonchev–Trinajstić information content (AvgIpc) is 2.99. The van der Waals surface area contributed by atoms with E-state index in [1.807, 2.05) is 16.8 Å². The Morgan fingerprint density at radius 2 is 2.37 bits per heavy atom. The Kier molecular flexibility index (Phi) is 2.79. The van der Waals surface area contributed by atoms with Crippen molar-refractivity contribution in [3.63, 3.8) is 0 Å². The molecule has 0 atom stereocenters. The van der Waals surface area contributed by atoms with Crippen molar-refractivity contribution in [3.05, 3.63) is 45.9 Å². The van der Waals surface area contributed by atoms with Gasteiger partial charge >= 0.3 is 5.97 Å². The summed E-state index contributed by atoms with van der Waals surface area (Å²) >= 11 is 1.62. The molecule has 1 N–H and O–H groups in total. The Balaban J connectivity index is 2.15. The molecule has 0 aliphatic rings. The minimum atomic E-state index is -0.953. The molecule has 19 heavy (non-hydrogen) atoms. The number of fused-ring (bicyclic) bond motifs is 1. The summed E-state index contributed by atoms with van der Waals surface area (Å²) in [5, 5.41) is 18.1. The Hall–Kier alpha value is -2.21. The molecule has 0 saturated heterocycles. The first-order valence-electron chi connectivity index (χ1n) is 5.72. The molecule has 0 spiro atoms. The van der Waals surface area contributed by atoms with E-state index in [1.165, 1.54) is 0 Å². The molecule has 3 aromatic heterocycles. The van der Waals surface area contributed by atoms with Gasteiger partial charge in [0.25, 0.3) is 0 Å². The molecule has 0 aromatic carbocycles. The van der Waals surface area contributed by atoms with Gasteiger partial charge in [0, 0.05) is 5.69 Å². The number of thiophene rings is 1. The lowest BCUT2D eigenvalue weighted by Gasteiger charge is -2.03. The van der Waals surface area contributed by atoms with E-state index in [9.17, 15) is 9.90 Å². The lowest BCUT2D eigenvalue weighted by atomic mass is 10.1. The second kappa shape index (κ2) is 4.47. The van der Waals surface area contributed by atoms with E-state index >= 15 is 0 Å². The molecule has 0 aliphatic heterocycles. The lowest BCUT2D eigenvalue weighted by Crippen LogP contribution is -2.04. The number of rotatable bonds is 3. The van der Waals surface area contributed by atoms with Crippen molar-refractivity contribution in [2.24, 2.45) is 0 Å². The van der Waals surface area contributed by atoms with Crippen LogP contribution in [0.25, 0.3) is 11.0 Å². The molecule has 0 radical (unpaired) electrons. The molecule has 0 fully saturated rings. The molecule has 0 bridgehead atoms. The Morgan fingerprint density at radius 1 is 1.53 bits per heavy atom. The number of nitrogens with zero attached hydrogens (tertiary/aromatic N) is 3. The van der Waals surface area contributed by atoms with E-state index in [0.29, 0.717) is 23.3 Å². The van der Waals surface area contributed by atoms with Crippen LogP contribution in [0.15, 0.2) is 29.1 Å². The summed E-state index contributed by atoms with van der Waals surface area (Å²) in [4.78, 5) is 15.6. The fourth-order valence-electron chi connectivity index (χ4n) is 2.02. The van der Waals surface area contributed by atoms with Gasteiger partial charge in [-0.3, -0.25) is 0 Å². The third-order valence-corrected chi connectivity index (χ3v) is 3.61. The number of aromatic carboxylic acids is 1. The van der Waals surface area contributed by atoms with Crippen LogP contribution in [-0.2, 0) is 6.54 Å². The topological polar surface area (TPSA) is 68.0 Å². The van der Waals surface area contributed by atoms with Crippen LogP contribution in [0.1, 0.15) is 21.6 Å². The molecule has 5 nitrogen and oxygen atoms in total. The molecule has 0 unspecified atom stereocenters. The SMILES string of the molecule is Cc1cc(C(=O)O)c2cnn(Cc3ccsc3)c2n1. The van der Waals surface area contributed by atoms with Crippen LogP contribution < -0.4 is 0 Å². The van der Waals surface area contributed by atoms with Gasteiger partial charge in [-0.05, 0) is 35.4 Å². The molecule has 6 heteroatoms. The summed E-state index contributed by atoms with van der Waals surface area (Å²) in [7, 11) is 0. The first kappa shape index (κ1) is 11.9. The van der Waals surface area contributed by atoms with Crippen molar-refractivity contribution in [2.45, 2.75) is 13.5 Å². The van der Waals surface area contributed by atoms with Crippen LogP contribution in [0.3, 0.4) is 0 Å². The van der Waals surface area contributed by atoms with E-state index in [1.54, 1.807) is 35.2 Å². The maximum absolute atomic E-state index is 11.2. The zero-order valence-electron chi connectivity index (χ0n) is 10.2. The standard InChI is InChI=1S/C13H11N3O2S/c1-8-4-10(13(17)18)11-5-14-16(12(11)15-8)6-9-2-3-19-7-9/h2-5,7H,6H2,1H3,(H,17,18). The number of carboxylic acid groups (broad SMARTS) is 1. The monoisotopic (exact) mass is 273 g/mol. The fourth-order valence-corrected chi connectivity index (χ4v) is 2.68. The Bertz CT molecular complexity index is 747. The molecule has 3 heterocycles. The number of carboxylic acids is 1. The second-order valence-electron chi connectivity index (χ2n) is 4.29. The quantitative estimate of drug-likeness (QED) is 0.796. The molecule has 3 rings (SSSR count). The third-order valence-electron chi connectivity index (χ3n) is 2.88. The number of hydrogen-bond acceptors (Lipinski definition) is 4. The zero-order valence-corrected chi connectivity index (χ0v) is 11.0. The van der Waals surface area contributed by atoms with E-state index in [4.69, 9.17) is 0 Å². The van der Waals surface area contributed by atoms with E-state index in [2.05, 4.69) is 10.1 Å². The molecule has 96 valence electrons. The minimum Gasteiger partial charge on any atom is -0.478 e. The Labute approximate surface area is 113 Å². The maximum atomic E-state index is 11.2. The third kappa shape index (κ3) is 2.10. The maximum Gasteiger partial charge on any atom is 0.336 e. The summed E-state index contributed by atoms with van der Waals surface area (Å²) in [6.07, 6.45) is 1.57. The molecule has 0 saturated carbocycles.